The summed E-state index contributed by atoms with van der Waals surface area (Å²) in [6, 6.07) is 8.24. The summed E-state index contributed by atoms with van der Waals surface area (Å²) in [6.07, 6.45) is 1.73. The lowest BCUT2D eigenvalue weighted by Gasteiger charge is -2.19. The van der Waals surface area contributed by atoms with E-state index in [1.807, 2.05) is 0 Å². The van der Waals surface area contributed by atoms with Gasteiger partial charge in [0.25, 0.3) is 0 Å². The van der Waals surface area contributed by atoms with Gasteiger partial charge in [-0.15, -0.1) is 0 Å². The van der Waals surface area contributed by atoms with Crippen LogP contribution in [0.4, 0.5) is 0 Å². The summed E-state index contributed by atoms with van der Waals surface area (Å²) in [6.45, 7) is 6.60. The highest BCUT2D eigenvalue weighted by Crippen LogP contribution is 2.25. The van der Waals surface area contributed by atoms with Crippen molar-refractivity contribution in [2.45, 2.75) is 32.2 Å². The average Bonchev–Trinajstić information content (AvgIpc) is 2.80. The lowest BCUT2D eigenvalue weighted by atomic mass is 9.86. The number of rotatable bonds is 2. The van der Waals surface area contributed by atoms with Crippen molar-refractivity contribution < 1.29 is 0 Å². The Balaban J connectivity index is 2.24. The van der Waals surface area contributed by atoms with Gasteiger partial charge in [0.15, 0.2) is 0 Å². The van der Waals surface area contributed by atoms with E-state index in [-0.39, 0.29) is 11.5 Å². The van der Waals surface area contributed by atoms with Gasteiger partial charge < -0.3 is 5.73 Å². The second-order valence-electron chi connectivity index (χ2n) is 5.18. The molecular formula is C13H17N3S. The third-order valence-electron chi connectivity index (χ3n) is 2.83. The Hall–Kier alpha value is -1.26. The fourth-order valence-corrected chi connectivity index (χ4v) is 2.13. The number of benzene rings is 1. The Labute approximate surface area is 106 Å². The molecule has 1 unspecified atom stereocenters. The largest absolute Gasteiger partial charge is 0.319 e. The van der Waals surface area contributed by atoms with Gasteiger partial charge in [-0.2, -0.15) is 8.75 Å². The quantitative estimate of drug-likeness (QED) is 0.887. The summed E-state index contributed by atoms with van der Waals surface area (Å²) in [5.41, 5.74) is 9.51. The fourth-order valence-electron chi connectivity index (χ4n) is 1.67. The topological polar surface area (TPSA) is 51.8 Å². The number of hydrogen-bond donors (Lipinski definition) is 1. The van der Waals surface area contributed by atoms with E-state index in [0.717, 1.165) is 11.3 Å². The molecule has 2 N–H and O–H groups in total. The lowest BCUT2D eigenvalue weighted by molar-refractivity contribution is 0.589. The molecule has 4 heteroatoms. The Kier molecular flexibility index (Phi) is 3.26. The van der Waals surface area contributed by atoms with Crippen molar-refractivity contribution >= 4 is 11.7 Å². The summed E-state index contributed by atoms with van der Waals surface area (Å²) >= 11 is 1.19. The predicted octanol–water partition coefficient (Wildman–Crippen LogP) is 2.88. The van der Waals surface area contributed by atoms with Crippen LogP contribution >= 0.6 is 11.7 Å². The molecule has 0 aliphatic heterocycles. The third-order valence-corrected chi connectivity index (χ3v) is 3.32. The van der Waals surface area contributed by atoms with Crippen molar-refractivity contribution in [3.05, 3.63) is 47.3 Å². The predicted molar refractivity (Wildman–Crippen MR) is 71.1 cm³/mol. The number of hydrogen-bond acceptors (Lipinski definition) is 4. The minimum atomic E-state index is -0.178. The molecule has 0 aliphatic rings. The second-order valence-corrected chi connectivity index (χ2v) is 5.74. The van der Waals surface area contributed by atoms with E-state index in [0.29, 0.717) is 0 Å². The van der Waals surface area contributed by atoms with Gasteiger partial charge in [0, 0.05) is 0 Å². The normalized spacial score (nSPS) is 13.6. The summed E-state index contributed by atoms with van der Waals surface area (Å²) in [7, 11) is 0. The van der Waals surface area contributed by atoms with E-state index >= 15 is 0 Å². The maximum atomic E-state index is 6.12. The average molecular weight is 247 g/mol. The maximum Gasteiger partial charge on any atom is 0.0955 e. The zero-order valence-electron chi connectivity index (χ0n) is 10.3. The van der Waals surface area contributed by atoms with E-state index < -0.39 is 0 Å². The molecular weight excluding hydrogens is 230 g/mol. The van der Waals surface area contributed by atoms with Crippen molar-refractivity contribution in [2.24, 2.45) is 5.73 Å². The Morgan fingerprint density at radius 3 is 2.29 bits per heavy atom. The molecule has 17 heavy (non-hydrogen) atoms. The first-order chi connectivity index (χ1) is 7.98. The highest BCUT2D eigenvalue weighted by molar-refractivity contribution is 6.99. The molecule has 2 rings (SSSR count). The van der Waals surface area contributed by atoms with E-state index in [4.69, 9.17) is 5.73 Å². The smallest absolute Gasteiger partial charge is 0.0955 e. The summed E-state index contributed by atoms with van der Waals surface area (Å²) in [4.78, 5) is 0. The Bertz CT molecular complexity index is 468. The van der Waals surface area contributed by atoms with E-state index in [2.05, 4.69) is 53.8 Å². The van der Waals surface area contributed by atoms with Crippen molar-refractivity contribution in [3.63, 3.8) is 0 Å². The Morgan fingerprint density at radius 1 is 1.18 bits per heavy atom. The van der Waals surface area contributed by atoms with Crippen LogP contribution in [0.5, 0.6) is 0 Å². The van der Waals surface area contributed by atoms with E-state index in [1.165, 1.54) is 17.3 Å². The van der Waals surface area contributed by atoms with Crippen LogP contribution in [-0.2, 0) is 5.41 Å². The van der Waals surface area contributed by atoms with Crippen molar-refractivity contribution in [1.29, 1.82) is 0 Å². The minimum absolute atomic E-state index is 0.171. The van der Waals surface area contributed by atoms with Gasteiger partial charge in [0.05, 0.1) is 29.7 Å². The maximum absolute atomic E-state index is 6.12. The van der Waals surface area contributed by atoms with Gasteiger partial charge in [-0.1, -0.05) is 45.0 Å². The summed E-state index contributed by atoms with van der Waals surface area (Å²) < 4.78 is 8.15. The van der Waals surface area contributed by atoms with E-state index in [9.17, 15) is 0 Å². The molecule has 0 fully saturated rings. The standard InChI is InChI=1S/C13H17N3S/c1-13(2,3)10-6-4-9(5-7-10)12(14)11-8-15-17-16-11/h4-8,12H,14H2,1-3H3. The first-order valence-electron chi connectivity index (χ1n) is 5.62. The van der Waals surface area contributed by atoms with Crippen LogP contribution < -0.4 is 5.73 Å². The van der Waals surface area contributed by atoms with Gasteiger partial charge >= 0.3 is 0 Å². The molecule has 0 radical (unpaired) electrons. The molecule has 0 saturated heterocycles. The van der Waals surface area contributed by atoms with Gasteiger partial charge in [-0.25, -0.2) is 0 Å². The zero-order chi connectivity index (χ0) is 12.5. The molecule has 0 bridgehead atoms. The van der Waals surface area contributed by atoms with Crippen molar-refractivity contribution in [2.75, 3.05) is 0 Å². The highest BCUT2D eigenvalue weighted by atomic mass is 32.1. The Morgan fingerprint density at radius 2 is 1.82 bits per heavy atom. The molecule has 3 nitrogen and oxygen atoms in total. The minimum Gasteiger partial charge on any atom is -0.319 e. The van der Waals surface area contributed by atoms with Crippen LogP contribution in [0.1, 0.15) is 43.6 Å². The monoisotopic (exact) mass is 247 g/mol. The van der Waals surface area contributed by atoms with Crippen LogP contribution in [-0.4, -0.2) is 8.75 Å². The van der Waals surface area contributed by atoms with Crippen LogP contribution in [0.3, 0.4) is 0 Å². The molecule has 0 amide bonds. The number of aromatic nitrogens is 2. The molecule has 2 aromatic rings. The molecule has 0 spiro atoms. The molecule has 1 aromatic heterocycles. The van der Waals surface area contributed by atoms with Gasteiger partial charge in [-0.3, -0.25) is 0 Å². The van der Waals surface area contributed by atoms with Crippen molar-refractivity contribution in [3.8, 4) is 0 Å². The molecule has 90 valence electrons. The van der Waals surface area contributed by atoms with Gasteiger partial charge in [-0.05, 0) is 16.5 Å². The second kappa shape index (κ2) is 4.55. The van der Waals surface area contributed by atoms with Crippen LogP contribution in [0.25, 0.3) is 0 Å². The lowest BCUT2D eigenvalue weighted by Crippen LogP contribution is -2.14. The first-order valence-corrected chi connectivity index (χ1v) is 6.35. The molecule has 1 aromatic carbocycles. The van der Waals surface area contributed by atoms with E-state index in [1.54, 1.807) is 6.20 Å². The SMILES string of the molecule is CC(C)(C)c1ccc(C(N)c2cnsn2)cc1. The fraction of sp³-hybridized carbons (Fsp3) is 0.385. The van der Waals surface area contributed by atoms with Crippen LogP contribution in [0.15, 0.2) is 30.5 Å². The molecule has 1 atom stereocenters. The third kappa shape index (κ3) is 2.70. The molecule has 0 aliphatic carbocycles. The summed E-state index contributed by atoms with van der Waals surface area (Å²) in [5.74, 6) is 0. The van der Waals surface area contributed by atoms with Crippen LogP contribution in [0.2, 0.25) is 0 Å². The summed E-state index contributed by atoms with van der Waals surface area (Å²) in [5, 5.41) is 0. The molecule has 0 saturated carbocycles. The van der Waals surface area contributed by atoms with Gasteiger partial charge in [0.2, 0.25) is 0 Å². The highest BCUT2D eigenvalue weighted by Gasteiger charge is 2.15. The molecule has 1 heterocycles. The number of nitrogens with zero attached hydrogens (tertiary/aromatic N) is 2. The number of nitrogens with two attached hydrogens (primary N) is 1. The van der Waals surface area contributed by atoms with Gasteiger partial charge in [0.1, 0.15) is 0 Å². The first kappa shape index (κ1) is 12.2. The van der Waals surface area contributed by atoms with Crippen molar-refractivity contribution in [1.82, 2.24) is 8.75 Å². The zero-order valence-corrected chi connectivity index (χ0v) is 11.2. The van der Waals surface area contributed by atoms with Crippen LogP contribution in [0, 0.1) is 0 Å².